The van der Waals surface area contributed by atoms with Crippen molar-refractivity contribution >= 4 is 51.8 Å². The summed E-state index contributed by atoms with van der Waals surface area (Å²) in [5.74, 6) is 0.884. The molecular formula is C11H28B2S4. The highest BCUT2D eigenvalue weighted by molar-refractivity contribution is 8.58. The molecule has 0 aliphatic carbocycles. The van der Waals surface area contributed by atoms with Crippen molar-refractivity contribution in [2.75, 3.05) is 11.3 Å². The molecule has 0 fully saturated rings. The van der Waals surface area contributed by atoms with Crippen LogP contribution in [-0.2, 0) is 38.4 Å². The van der Waals surface area contributed by atoms with Crippen LogP contribution in [0.25, 0.3) is 0 Å². The molecule has 0 spiro atoms. The van der Waals surface area contributed by atoms with Gasteiger partial charge in [-0.25, -0.2) is 0 Å². The van der Waals surface area contributed by atoms with E-state index in [1.165, 1.54) is 26.6 Å². The zero-order valence-corrected chi connectivity index (χ0v) is 15.8. The Kier molecular flexibility index (Phi) is 16.3. The molecule has 0 rings (SSSR count). The van der Waals surface area contributed by atoms with Crippen LogP contribution in [0.15, 0.2) is 0 Å². The van der Waals surface area contributed by atoms with Gasteiger partial charge in [-0.15, -0.1) is 9.45 Å². The maximum absolute atomic E-state index is 4.92. The molecule has 0 aliphatic rings. The van der Waals surface area contributed by atoms with Crippen molar-refractivity contribution in [3.8, 4) is 0 Å². The first-order valence-electron chi connectivity index (χ1n) is 6.47. The van der Waals surface area contributed by atoms with Crippen LogP contribution in [0.5, 0.6) is 0 Å². The van der Waals surface area contributed by atoms with E-state index >= 15 is 0 Å². The van der Waals surface area contributed by atoms with Crippen LogP contribution in [0.2, 0.25) is 27.3 Å². The van der Waals surface area contributed by atoms with Crippen molar-refractivity contribution in [1.29, 1.82) is 0 Å². The topological polar surface area (TPSA) is 0 Å². The minimum absolute atomic E-state index is 0.491. The van der Waals surface area contributed by atoms with E-state index in [0.717, 1.165) is 19.3 Å². The lowest BCUT2D eigenvalue weighted by Gasteiger charge is -2.07. The molecule has 0 aromatic carbocycles. The van der Waals surface area contributed by atoms with Crippen LogP contribution in [0, 0.1) is 5.92 Å². The minimum atomic E-state index is 0.491. The zero-order chi connectivity index (χ0) is 13.8. The van der Waals surface area contributed by atoms with Gasteiger partial charge in [0, 0.05) is 0 Å². The van der Waals surface area contributed by atoms with E-state index in [4.69, 9.17) is 11.2 Å². The molecule has 0 unspecified atom stereocenters. The summed E-state index contributed by atoms with van der Waals surface area (Å²) in [4.78, 5) is 0. The molecule has 0 N–H and O–H groups in total. The summed E-state index contributed by atoms with van der Waals surface area (Å²) in [7, 11) is 3.89. The van der Waals surface area contributed by atoms with Gasteiger partial charge >= 0.3 is 0 Å². The Morgan fingerprint density at radius 2 is 1.41 bits per heavy atom. The third kappa shape index (κ3) is 19.6. The predicted octanol–water partition coefficient (Wildman–Crippen LogP) is 3.70. The molecule has 102 valence electrons. The first kappa shape index (κ1) is 20.5. The maximum Gasteiger partial charge on any atom is 0.145 e. The first-order valence-corrected chi connectivity index (χ1v) is 11.6. The van der Waals surface area contributed by atoms with E-state index < -0.39 is 0 Å². The molecule has 0 aromatic heterocycles. The summed E-state index contributed by atoms with van der Waals surface area (Å²) in [6, 6.07) is 0. The van der Waals surface area contributed by atoms with Crippen molar-refractivity contribution in [1.82, 2.24) is 0 Å². The van der Waals surface area contributed by atoms with Crippen LogP contribution in [0.1, 0.15) is 27.2 Å². The summed E-state index contributed by atoms with van der Waals surface area (Å²) in [6.07, 6.45) is 1.31. The SMILES string of the molecule is CB(C)CS(CB(C)C)=S=S=S.CCC(C)C. The number of hydrogen-bond donors (Lipinski definition) is 0. The molecule has 17 heavy (non-hydrogen) atoms. The molecule has 0 bridgehead atoms. The van der Waals surface area contributed by atoms with Gasteiger partial charge in [0.25, 0.3) is 0 Å². The van der Waals surface area contributed by atoms with Gasteiger partial charge < -0.3 is 0 Å². The third-order valence-electron chi connectivity index (χ3n) is 1.98. The molecule has 0 aliphatic heterocycles. The second kappa shape index (κ2) is 13.6. The van der Waals surface area contributed by atoms with Crippen LogP contribution in [0.4, 0.5) is 0 Å². The van der Waals surface area contributed by atoms with E-state index in [1.807, 2.05) is 8.88 Å². The lowest BCUT2D eigenvalue weighted by atomic mass is 9.57. The Labute approximate surface area is 123 Å². The van der Waals surface area contributed by atoms with Crippen LogP contribution < -0.4 is 0 Å². The van der Waals surface area contributed by atoms with Gasteiger partial charge in [-0.1, -0.05) is 54.5 Å². The van der Waals surface area contributed by atoms with Crippen LogP contribution in [0.3, 0.4) is 0 Å². The smallest absolute Gasteiger partial charge is 0.136 e. The fourth-order valence-corrected chi connectivity index (χ4v) is 8.75. The summed E-state index contributed by atoms with van der Waals surface area (Å²) >= 11 is 4.92. The average molecular weight is 310 g/mol. The van der Waals surface area contributed by atoms with Gasteiger partial charge in [-0.05, 0) is 46.2 Å². The van der Waals surface area contributed by atoms with Crippen LogP contribution in [-0.4, -0.2) is 24.7 Å². The fraction of sp³-hybridized carbons (Fsp3) is 1.00. The molecular weight excluding hydrogens is 282 g/mol. The monoisotopic (exact) mass is 310 g/mol. The van der Waals surface area contributed by atoms with E-state index in [1.54, 1.807) is 0 Å². The third-order valence-corrected chi connectivity index (χ3v) is 9.60. The Hall–Kier alpha value is 1.14. The molecule has 0 saturated carbocycles. The summed E-state index contributed by atoms with van der Waals surface area (Å²) in [5, 5.41) is 0. The molecule has 0 amide bonds. The molecule has 6 heteroatoms. The van der Waals surface area contributed by atoms with Gasteiger partial charge in [-0.3, -0.25) is 0 Å². The normalized spacial score (nSPS) is 9.71. The van der Waals surface area contributed by atoms with Gasteiger partial charge in [-0.2, -0.15) is 0 Å². The molecule has 0 saturated heterocycles. The molecule has 0 nitrogen and oxygen atoms in total. The van der Waals surface area contributed by atoms with Crippen molar-refractivity contribution < 1.29 is 0 Å². The molecule has 0 radical (unpaired) electrons. The maximum atomic E-state index is 4.92. The van der Waals surface area contributed by atoms with E-state index in [0.29, 0.717) is 9.45 Å². The van der Waals surface area contributed by atoms with Crippen molar-refractivity contribution in [2.24, 2.45) is 5.92 Å². The average Bonchev–Trinajstić information content (AvgIpc) is 2.16. The lowest BCUT2D eigenvalue weighted by Crippen LogP contribution is -2.21. The standard InChI is InChI=1S/C6H16B2S4.C5H12/c1-7(2)5-12(11-10-9)6-8(3)4;1-4-5(2)3/h5-6H2,1-4H3;5H,4H2,1-3H3. The van der Waals surface area contributed by atoms with Crippen molar-refractivity contribution in [2.45, 2.75) is 54.5 Å². The highest BCUT2D eigenvalue weighted by Gasteiger charge is 2.06. The van der Waals surface area contributed by atoms with Crippen LogP contribution >= 0.6 is 0 Å². The summed E-state index contributed by atoms with van der Waals surface area (Å²) < 4.78 is 0. The summed E-state index contributed by atoms with van der Waals surface area (Å²) in [6.45, 7) is 17.4. The minimum Gasteiger partial charge on any atom is -0.136 e. The van der Waals surface area contributed by atoms with Crippen molar-refractivity contribution in [3.63, 3.8) is 0 Å². The Bertz CT molecular complexity index is 253. The van der Waals surface area contributed by atoms with Gasteiger partial charge in [0.2, 0.25) is 0 Å². The highest BCUT2D eigenvalue weighted by Crippen LogP contribution is 1.94. The highest BCUT2D eigenvalue weighted by atomic mass is 33.2. The van der Waals surface area contributed by atoms with E-state index in [9.17, 15) is 0 Å². The van der Waals surface area contributed by atoms with E-state index in [-0.39, 0.29) is 0 Å². The summed E-state index contributed by atoms with van der Waals surface area (Å²) in [5.41, 5.74) is 2.65. The second-order valence-corrected chi connectivity index (χ2v) is 12.0. The largest absolute Gasteiger partial charge is 0.145 e. The first-order chi connectivity index (χ1) is 7.83. The predicted molar refractivity (Wildman–Crippen MR) is 99.3 cm³/mol. The quantitative estimate of drug-likeness (QED) is 0.698. The van der Waals surface area contributed by atoms with Gasteiger partial charge in [0.1, 0.15) is 13.4 Å². The second-order valence-electron chi connectivity index (χ2n) is 5.50. The number of rotatable bonds is 5. The van der Waals surface area contributed by atoms with E-state index in [2.05, 4.69) is 48.1 Å². The fourth-order valence-electron chi connectivity index (χ4n) is 0.906. The molecule has 0 atom stereocenters. The Morgan fingerprint density at radius 3 is 1.59 bits per heavy atom. The zero-order valence-electron chi connectivity index (χ0n) is 12.5. The molecule has 0 heterocycles. The Morgan fingerprint density at radius 1 is 1.06 bits per heavy atom. The van der Waals surface area contributed by atoms with Gasteiger partial charge in [0.15, 0.2) is 0 Å². The lowest BCUT2D eigenvalue weighted by molar-refractivity contribution is 0.626. The van der Waals surface area contributed by atoms with Gasteiger partial charge in [0.05, 0.1) is 0 Å². The van der Waals surface area contributed by atoms with Crippen molar-refractivity contribution in [3.05, 3.63) is 0 Å². The molecule has 0 aromatic rings. The number of hydrogen-bond acceptors (Lipinski definition) is 1. The Balaban J connectivity index is 0.